The highest BCUT2D eigenvalue weighted by molar-refractivity contribution is 5.66. The van der Waals surface area contributed by atoms with E-state index in [-0.39, 0.29) is 0 Å². The van der Waals surface area contributed by atoms with Crippen LogP contribution in [0.15, 0.2) is 0 Å². The maximum atomic E-state index is 11.7. The van der Waals surface area contributed by atoms with Crippen molar-refractivity contribution in [3.05, 3.63) is 0 Å². The van der Waals surface area contributed by atoms with Crippen molar-refractivity contribution in [2.24, 2.45) is 5.92 Å². The second kappa shape index (κ2) is 5.50. The van der Waals surface area contributed by atoms with E-state index in [1.165, 1.54) is 12.2 Å². The number of hydroxylamine groups is 2. The Morgan fingerprint density at radius 3 is 2.62 bits per heavy atom. The largest absolute Gasteiger partial charge is 0.442 e. The monoisotopic (exact) mass is 230 g/mol. The zero-order valence-electron chi connectivity index (χ0n) is 10.6. The molecule has 0 aliphatic carbocycles. The van der Waals surface area contributed by atoms with Crippen LogP contribution in [0.25, 0.3) is 0 Å². The Hall–Kier alpha value is -0.810. The van der Waals surface area contributed by atoms with Crippen molar-refractivity contribution in [1.29, 1.82) is 0 Å². The van der Waals surface area contributed by atoms with Gasteiger partial charge in [-0.05, 0) is 46.2 Å². The van der Waals surface area contributed by atoms with Crippen molar-refractivity contribution >= 4 is 6.09 Å². The first-order valence-electron chi connectivity index (χ1n) is 5.67. The number of ether oxygens (including phenoxy) is 1. The smallest absolute Gasteiger partial charge is 0.434 e. The van der Waals surface area contributed by atoms with Crippen LogP contribution < -0.4 is 5.32 Å². The van der Waals surface area contributed by atoms with Crippen LogP contribution in [0.5, 0.6) is 0 Å². The van der Waals surface area contributed by atoms with Crippen LogP contribution in [0.3, 0.4) is 0 Å². The van der Waals surface area contributed by atoms with Gasteiger partial charge < -0.3 is 10.1 Å². The Morgan fingerprint density at radius 2 is 2.19 bits per heavy atom. The summed E-state index contributed by atoms with van der Waals surface area (Å²) >= 11 is 0. The number of nitrogens with zero attached hydrogens (tertiary/aromatic N) is 1. The fraction of sp³-hybridized carbons (Fsp3) is 0.909. The summed E-state index contributed by atoms with van der Waals surface area (Å²) in [4.78, 5) is 16.8. The molecule has 1 heterocycles. The van der Waals surface area contributed by atoms with E-state index in [0.717, 1.165) is 19.5 Å². The van der Waals surface area contributed by atoms with Gasteiger partial charge in [0.15, 0.2) is 0 Å². The summed E-state index contributed by atoms with van der Waals surface area (Å²) in [5.74, 6) is 0.451. The van der Waals surface area contributed by atoms with Crippen LogP contribution in [0.1, 0.15) is 27.2 Å². The Kier molecular flexibility index (Phi) is 4.56. The highest BCUT2D eigenvalue weighted by Gasteiger charge is 2.26. The molecule has 0 bridgehead atoms. The molecule has 0 spiro atoms. The number of hydrogen-bond donors (Lipinski definition) is 1. The lowest BCUT2D eigenvalue weighted by atomic mass is 10.1. The molecule has 0 aromatic carbocycles. The molecule has 1 saturated heterocycles. The van der Waals surface area contributed by atoms with Gasteiger partial charge in [-0.1, -0.05) is 0 Å². The van der Waals surface area contributed by atoms with Crippen molar-refractivity contribution in [2.45, 2.75) is 32.8 Å². The molecular formula is C11H22N2O3. The molecule has 5 heteroatoms. The number of carbonyl (C=O) groups excluding carboxylic acids is 1. The van der Waals surface area contributed by atoms with E-state index in [1.807, 2.05) is 20.8 Å². The van der Waals surface area contributed by atoms with Gasteiger partial charge in [0.2, 0.25) is 0 Å². The van der Waals surface area contributed by atoms with Gasteiger partial charge >= 0.3 is 6.09 Å². The molecule has 1 amide bonds. The minimum Gasteiger partial charge on any atom is -0.442 e. The molecule has 1 fully saturated rings. The van der Waals surface area contributed by atoms with Crippen LogP contribution in [0.4, 0.5) is 4.79 Å². The number of amides is 1. The average Bonchev–Trinajstić information content (AvgIpc) is 2.63. The first-order valence-corrected chi connectivity index (χ1v) is 5.67. The van der Waals surface area contributed by atoms with E-state index >= 15 is 0 Å². The lowest BCUT2D eigenvalue weighted by Crippen LogP contribution is -2.39. The molecule has 1 atom stereocenters. The van der Waals surface area contributed by atoms with Crippen LogP contribution in [-0.2, 0) is 9.57 Å². The molecule has 5 nitrogen and oxygen atoms in total. The van der Waals surface area contributed by atoms with Gasteiger partial charge in [-0.15, -0.1) is 0 Å². The summed E-state index contributed by atoms with van der Waals surface area (Å²) < 4.78 is 5.24. The summed E-state index contributed by atoms with van der Waals surface area (Å²) in [5.41, 5.74) is -0.484. The fourth-order valence-corrected chi connectivity index (χ4v) is 1.64. The van der Waals surface area contributed by atoms with Crippen molar-refractivity contribution in [3.8, 4) is 0 Å². The Morgan fingerprint density at radius 1 is 1.50 bits per heavy atom. The summed E-state index contributed by atoms with van der Waals surface area (Å²) in [5, 5.41) is 4.55. The van der Waals surface area contributed by atoms with Gasteiger partial charge in [0.1, 0.15) is 5.60 Å². The molecule has 1 rings (SSSR count). The maximum Gasteiger partial charge on any atom is 0.434 e. The van der Waals surface area contributed by atoms with E-state index in [1.54, 1.807) is 0 Å². The van der Waals surface area contributed by atoms with Crippen LogP contribution in [0.2, 0.25) is 0 Å². The predicted molar refractivity (Wildman–Crippen MR) is 60.9 cm³/mol. The summed E-state index contributed by atoms with van der Waals surface area (Å²) in [6.07, 6.45) is 0.657. The van der Waals surface area contributed by atoms with Crippen LogP contribution >= 0.6 is 0 Å². The third-order valence-electron chi connectivity index (χ3n) is 2.40. The second-order valence-corrected chi connectivity index (χ2v) is 5.08. The van der Waals surface area contributed by atoms with Crippen LogP contribution in [0, 0.1) is 5.92 Å². The first kappa shape index (κ1) is 13.3. The standard InChI is InChI=1S/C11H22N2O3/c1-11(2,3)16-10(14)13(15-4)8-9-5-6-12-7-9/h9,12H,5-8H2,1-4H3. The molecule has 0 aromatic heterocycles. The highest BCUT2D eigenvalue weighted by Crippen LogP contribution is 2.14. The third kappa shape index (κ3) is 4.37. The van der Waals surface area contributed by atoms with E-state index in [4.69, 9.17) is 9.57 Å². The molecule has 1 unspecified atom stereocenters. The topological polar surface area (TPSA) is 50.8 Å². The van der Waals surface area contributed by atoms with Gasteiger partial charge in [-0.2, -0.15) is 5.06 Å². The Bertz CT molecular complexity index is 232. The molecule has 16 heavy (non-hydrogen) atoms. The third-order valence-corrected chi connectivity index (χ3v) is 2.40. The normalized spacial score (nSPS) is 20.9. The number of carbonyl (C=O) groups is 1. The molecule has 0 radical (unpaired) electrons. The second-order valence-electron chi connectivity index (χ2n) is 5.08. The van der Waals surface area contributed by atoms with Gasteiger partial charge in [-0.25, -0.2) is 4.79 Å². The summed E-state index contributed by atoms with van der Waals surface area (Å²) in [6, 6.07) is 0. The lowest BCUT2D eigenvalue weighted by molar-refractivity contribution is -0.129. The SMILES string of the molecule is CON(CC1CCNC1)C(=O)OC(C)(C)C. The molecule has 94 valence electrons. The van der Waals surface area contributed by atoms with Gasteiger partial charge in [-0.3, -0.25) is 4.84 Å². The minimum atomic E-state index is -0.484. The highest BCUT2D eigenvalue weighted by atomic mass is 16.7. The van der Waals surface area contributed by atoms with Gasteiger partial charge in [0.25, 0.3) is 0 Å². The van der Waals surface area contributed by atoms with Crippen molar-refractivity contribution in [1.82, 2.24) is 10.4 Å². The molecule has 0 aromatic rings. The first-order chi connectivity index (χ1) is 7.42. The lowest BCUT2D eigenvalue weighted by Gasteiger charge is -2.27. The zero-order chi connectivity index (χ0) is 12.2. The van der Waals surface area contributed by atoms with E-state index in [0.29, 0.717) is 12.5 Å². The quantitative estimate of drug-likeness (QED) is 0.744. The number of hydrogen-bond acceptors (Lipinski definition) is 4. The summed E-state index contributed by atoms with van der Waals surface area (Å²) in [7, 11) is 1.49. The Balaban J connectivity index is 2.43. The van der Waals surface area contributed by atoms with Crippen molar-refractivity contribution in [3.63, 3.8) is 0 Å². The van der Waals surface area contributed by atoms with Crippen molar-refractivity contribution in [2.75, 3.05) is 26.7 Å². The molecule has 1 aliphatic heterocycles. The zero-order valence-corrected chi connectivity index (χ0v) is 10.6. The number of rotatable bonds is 3. The molecule has 1 aliphatic rings. The Labute approximate surface area is 97.0 Å². The molecule has 1 N–H and O–H groups in total. The minimum absolute atomic E-state index is 0.415. The van der Waals surface area contributed by atoms with Gasteiger partial charge in [0, 0.05) is 0 Å². The summed E-state index contributed by atoms with van der Waals surface area (Å²) in [6.45, 7) is 8.05. The molecular weight excluding hydrogens is 208 g/mol. The average molecular weight is 230 g/mol. The van der Waals surface area contributed by atoms with Crippen molar-refractivity contribution < 1.29 is 14.4 Å². The predicted octanol–water partition coefficient (Wildman–Crippen LogP) is 1.39. The molecule has 0 saturated carbocycles. The van der Waals surface area contributed by atoms with E-state index in [2.05, 4.69) is 5.32 Å². The van der Waals surface area contributed by atoms with E-state index < -0.39 is 11.7 Å². The maximum absolute atomic E-state index is 11.7. The van der Waals surface area contributed by atoms with Gasteiger partial charge in [0.05, 0.1) is 13.7 Å². The van der Waals surface area contributed by atoms with E-state index in [9.17, 15) is 4.79 Å². The number of nitrogens with one attached hydrogen (secondary N) is 1. The fourth-order valence-electron chi connectivity index (χ4n) is 1.64. The van der Waals surface area contributed by atoms with Crippen LogP contribution in [-0.4, -0.2) is 43.5 Å².